The molecule has 1 saturated heterocycles. The van der Waals surface area contributed by atoms with Crippen LogP contribution in [0.5, 0.6) is 11.5 Å². The first-order valence-electron chi connectivity index (χ1n) is 7.89. The highest BCUT2D eigenvalue weighted by Gasteiger charge is 2.12. The van der Waals surface area contributed by atoms with Crippen LogP contribution in [0.4, 0.5) is 0 Å². The summed E-state index contributed by atoms with van der Waals surface area (Å²) in [6, 6.07) is 7.29. The lowest BCUT2D eigenvalue weighted by molar-refractivity contribution is -0.125. The monoisotopic (exact) mass is 314 g/mol. The summed E-state index contributed by atoms with van der Waals surface area (Å²) in [5.41, 5.74) is 0.856. The van der Waals surface area contributed by atoms with Crippen molar-refractivity contribution in [2.75, 3.05) is 26.8 Å². The van der Waals surface area contributed by atoms with E-state index in [-0.39, 0.29) is 12.5 Å². The van der Waals surface area contributed by atoms with E-state index < -0.39 is 0 Å². The summed E-state index contributed by atoms with van der Waals surface area (Å²) in [5.74, 6) is 1.12. The SMILES string of the molecule is COc1cc(/C=C/C(=O)N2CCCCCC2)ccc1OCC#N. The normalized spacial score (nSPS) is 15.0. The molecule has 1 fully saturated rings. The average Bonchev–Trinajstić information content (AvgIpc) is 2.87. The molecule has 0 aromatic heterocycles. The van der Waals surface area contributed by atoms with Gasteiger partial charge in [-0.05, 0) is 36.6 Å². The number of amides is 1. The van der Waals surface area contributed by atoms with Crippen LogP contribution in [-0.4, -0.2) is 37.6 Å². The van der Waals surface area contributed by atoms with Crippen molar-refractivity contribution in [3.8, 4) is 17.6 Å². The Labute approximate surface area is 137 Å². The maximum atomic E-state index is 12.2. The van der Waals surface area contributed by atoms with Crippen LogP contribution in [0.25, 0.3) is 6.08 Å². The predicted octanol–water partition coefficient (Wildman–Crippen LogP) is 3.01. The first-order valence-corrected chi connectivity index (χ1v) is 7.89. The number of ether oxygens (including phenoxy) is 2. The van der Waals surface area contributed by atoms with Gasteiger partial charge < -0.3 is 14.4 Å². The molecule has 1 aromatic carbocycles. The zero-order chi connectivity index (χ0) is 16.5. The zero-order valence-corrected chi connectivity index (χ0v) is 13.5. The highest BCUT2D eigenvalue weighted by Crippen LogP contribution is 2.28. The molecule has 0 bridgehead atoms. The maximum absolute atomic E-state index is 12.2. The van der Waals surface area contributed by atoms with Crippen LogP contribution in [0.1, 0.15) is 31.2 Å². The molecule has 1 aliphatic rings. The lowest BCUT2D eigenvalue weighted by Crippen LogP contribution is -2.30. The van der Waals surface area contributed by atoms with E-state index >= 15 is 0 Å². The van der Waals surface area contributed by atoms with Crippen LogP contribution < -0.4 is 9.47 Å². The largest absolute Gasteiger partial charge is 0.493 e. The van der Waals surface area contributed by atoms with Crippen molar-refractivity contribution < 1.29 is 14.3 Å². The molecule has 5 heteroatoms. The second kappa shape index (κ2) is 8.84. The molecule has 2 rings (SSSR count). The number of carbonyl (C=O) groups excluding carboxylic acids is 1. The van der Waals surface area contributed by atoms with E-state index in [0.717, 1.165) is 31.5 Å². The Hall–Kier alpha value is -2.48. The lowest BCUT2D eigenvalue weighted by atomic mass is 10.2. The number of benzene rings is 1. The summed E-state index contributed by atoms with van der Waals surface area (Å²) < 4.78 is 10.5. The third-order valence-corrected chi connectivity index (χ3v) is 3.82. The minimum Gasteiger partial charge on any atom is -0.493 e. The van der Waals surface area contributed by atoms with Gasteiger partial charge in [0.2, 0.25) is 5.91 Å². The van der Waals surface area contributed by atoms with Gasteiger partial charge in [-0.25, -0.2) is 0 Å². The zero-order valence-electron chi connectivity index (χ0n) is 13.5. The number of carbonyl (C=O) groups is 1. The lowest BCUT2D eigenvalue weighted by Gasteiger charge is -2.18. The summed E-state index contributed by atoms with van der Waals surface area (Å²) in [6.45, 7) is 1.65. The molecule has 23 heavy (non-hydrogen) atoms. The van der Waals surface area contributed by atoms with Gasteiger partial charge in [-0.1, -0.05) is 18.9 Å². The van der Waals surface area contributed by atoms with Gasteiger partial charge in [-0.15, -0.1) is 0 Å². The van der Waals surface area contributed by atoms with E-state index in [4.69, 9.17) is 14.7 Å². The van der Waals surface area contributed by atoms with Gasteiger partial charge >= 0.3 is 0 Å². The predicted molar refractivity (Wildman–Crippen MR) is 88.2 cm³/mol. The molecule has 0 spiro atoms. The number of hydrogen-bond acceptors (Lipinski definition) is 4. The molecule has 0 unspecified atom stereocenters. The molecule has 1 amide bonds. The quantitative estimate of drug-likeness (QED) is 0.784. The van der Waals surface area contributed by atoms with E-state index in [1.807, 2.05) is 17.0 Å². The van der Waals surface area contributed by atoms with Gasteiger partial charge in [-0.2, -0.15) is 5.26 Å². The molecule has 0 N–H and O–H groups in total. The molecule has 1 heterocycles. The Morgan fingerprint density at radius 2 is 2.00 bits per heavy atom. The third kappa shape index (κ3) is 5.03. The Bertz CT molecular complexity index is 597. The number of nitrogens with zero attached hydrogens (tertiary/aromatic N) is 2. The van der Waals surface area contributed by atoms with E-state index in [1.165, 1.54) is 12.8 Å². The van der Waals surface area contributed by atoms with Crippen LogP contribution in [0.15, 0.2) is 24.3 Å². The van der Waals surface area contributed by atoms with Crippen molar-refractivity contribution in [3.63, 3.8) is 0 Å². The number of rotatable bonds is 5. The van der Waals surface area contributed by atoms with E-state index in [1.54, 1.807) is 31.4 Å². The van der Waals surface area contributed by atoms with Crippen LogP contribution in [0.3, 0.4) is 0 Å². The number of nitriles is 1. The minimum atomic E-state index is -0.0288. The fourth-order valence-corrected chi connectivity index (χ4v) is 2.58. The van der Waals surface area contributed by atoms with Crippen LogP contribution in [-0.2, 0) is 4.79 Å². The summed E-state index contributed by atoms with van der Waals surface area (Å²) in [5, 5.41) is 8.57. The van der Waals surface area contributed by atoms with E-state index in [2.05, 4.69) is 0 Å². The molecular weight excluding hydrogens is 292 g/mol. The van der Waals surface area contributed by atoms with Crippen molar-refractivity contribution in [2.24, 2.45) is 0 Å². The Morgan fingerprint density at radius 1 is 1.26 bits per heavy atom. The number of likely N-dealkylation sites (tertiary alicyclic amines) is 1. The number of hydrogen-bond donors (Lipinski definition) is 0. The molecule has 1 aliphatic heterocycles. The van der Waals surface area contributed by atoms with Crippen LogP contribution in [0, 0.1) is 11.3 Å². The van der Waals surface area contributed by atoms with Crippen molar-refractivity contribution >= 4 is 12.0 Å². The molecule has 122 valence electrons. The first-order chi connectivity index (χ1) is 11.2. The smallest absolute Gasteiger partial charge is 0.246 e. The average molecular weight is 314 g/mol. The van der Waals surface area contributed by atoms with Gasteiger partial charge in [-0.3, -0.25) is 4.79 Å². The highest BCUT2D eigenvalue weighted by atomic mass is 16.5. The molecular formula is C18H22N2O3. The maximum Gasteiger partial charge on any atom is 0.246 e. The number of methoxy groups -OCH3 is 1. The van der Waals surface area contributed by atoms with Gasteiger partial charge in [0.1, 0.15) is 6.07 Å². The second-order valence-electron chi connectivity index (χ2n) is 5.43. The molecule has 0 atom stereocenters. The van der Waals surface area contributed by atoms with Gasteiger partial charge in [0.05, 0.1) is 7.11 Å². The third-order valence-electron chi connectivity index (χ3n) is 3.82. The topological polar surface area (TPSA) is 62.6 Å². The minimum absolute atomic E-state index is 0.0288. The Kier molecular flexibility index (Phi) is 6.49. The van der Waals surface area contributed by atoms with Crippen molar-refractivity contribution in [2.45, 2.75) is 25.7 Å². The standard InChI is InChI=1S/C18H22N2O3/c1-22-17-14-15(6-8-16(17)23-13-10-19)7-9-18(21)20-11-4-2-3-5-12-20/h6-9,14H,2-5,11-13H2,1H3/b9-7+. The van der Waals surface area contributed by atoms with Crippen LogP contribution in [0.2, 0.25) is 0 Å². The van der Waals surface area contributed by atoms with Crippen LogP contribution >= 0.6 is 0 Å². The molecule has 1 aromatic rings. The van der Waals surface area contributed by atoms with Gasteiger partial charge in [0, 0.05) is 19.2 Å². The van der Waals surface area contributed by atoms with Gasteiger partial charge in [0.15, 0.2) is 18.1 Å². The summed E-state index contributed by atoms with van der Waals surface area (Å²) in [6.07, 6.45) is 7.96. The fourth-order valence-electron chi connectivity index (χ4n) is 2.58. The van der Waals surface area contributed by atoms with Crippen molar-refractivity contribution in [1.29, 1.82) is 5.26 Å². The summed E-state index contributed by atoms with van der Waals surface area (Å²) in [7, 11) is 1.55. The van der Waals surface area contributed by atoms with Crippen molar-refractivity contribution in [1.82, 2.24) is 4.90 Å². The molecule has 0 radical (unpaired) electrons. The molecule has 0 saturated carbocycles. The highest BCUT2D eigenvalue weighted by molar-refractivity contribution is 5.91. The first kappa shape index (κ1) is 16.9. The van der Waals surface area contributed by atoms with E-state index in [0.29, 0.717) is 11.5 Å². The van der Waals surface area contributed by atoms with Gasteiger partial charge in [0.25, 0.3) is 0 Å². The molecule has 0 aliphatic carbocycles. The second-order valence-corrected chi connectivity index (χ2v) is 5.43. The molecule has 5 nitrogen and oxygen atoms in total. The summed E-state index contributed by atoms with van der Waals surface area (Å²) in [4.78, 5) is 14.1. The van der Waals surface area contributed by atoms with E-state index in [9.17, 15) is 4.79 Å². The summed E-state index contributed by atoms with van der Waals surface area (Å²) >= 11 is 0. The van der Waals surface area contributed by atoms with Crippen molar-refractivity contribution in [3.05, 3.63) is 29.8 Å². The Balaban J connectivity index is 2.03. The Morgan fingerprint density at radius 3 is 2.65 bits per heavy atom. The fraction of sp³-hybridized carbons (Fsp3) is 0.444.